The zero-order chi connectivity index (χ0) is 21.5. The van der Waals surface area contributed by atoms with Crippen LogP contribution in [-0.4, -0.2) is 66.4 Å². The molecule has 1 aromatic heterocycles. The standard InChI is InChI=1S/C20H19F2N3O4S/c21-15-4-5-16(18(22)7-15)17(12-26)20(27)24-8-13(9-24)14-10-25(11-14)30(28,29)19-3-1-2-6-23-19/h1-7,17,26H,8-12H2/t17-/m0/s1. The Hall–Kier alpha value is -2.69. The molecule has 3 heterocycles. The molecule has 0 aliphatic carbocycles. The molecule has 1 aromatic carbocycles. The van der Waals surface area contributed by atoms with E-state index < -0.39 is 40.1 Å². The van der Waals surface area contributed by atoms with Crippen LogP contribution in [0.1, 0.15) is 11.5 Å². The lowest BCUT2D eigenvalue weighted by atomic mass is 9.92. The van der Waals surface area contributed by atoms with Gasteiger partial charge < -0.3 is 10.0 Å². The first kappa shape index (κ1) is 20.6. The fraction of sp³-hybridized carbons (Fsp3) is 0.300. The van der Waals surface area contributed by atoms with E-state index in [9.17, 15) is 27.1 Å². The zero-order valence-electron chi connectivity index (χ0n) is 15.8. The van der Waals surface area contributed by atoms with Crippen molar-refractivity contribution in [2.24, 2.45) is 0 Å². The van der Waals surface area contributed by atoms with Crippen LogP contribution >= 0.6 is 0 Å². The van der Waals surface area contributed by atoms with E-state index in [-0.39, 0.29) is 23.7 Å². The average molecular weight is 435 g/mol. The number of aliphatic hydroxyl groups excluding tert-OH is 1. The number of sulfonamides is 1. The van der Waals surface area contributed by atoms with Crippen LogP contribution in [0, 0.1) is 11.6 Å². The number of carbonyl (C=O) groups is 1. The van der Waals surface area contributed by atoms with Crippen molar-refractivity contribution < 1.29 is 27.1 Å². The third-order valence-corrected chi connectivity index (χ3v) is 7.08. The van der Waals surface area contributed by atoms with Crippen molar-refractivity contribution in [3.05, 3.63) is 70.9 Å². The quantitative estimate of drug-likeness (QED) is 0.715. The molecular formula is C20H19F2N3O4S. The molecule has 4 rings (SSSR count). The molecule has 2 aliphatic heterocycles. The van der Waals surface area contributed by atoms with Crippen molar-refractivity contribution in [2.45, 2.75) is 10.9 Å². The number of aromatic nitrogens is 1. The second-order valence-corrected chi connectivity index (χ2v) is 9.13. The van der Waals surface area contributed by atoms with E-state index in [0.717, 1.165) is 23.3 Å². The summed E-state index contributed by atoms with van der Waals surface area (Å²) in [5.41, 5.74) is 1.83. The number of halogens is 2. The van der Waals surface area contributed by atoms with Gasteiger partial charge in [0, 0.05) is 44.0 Å². The van der Waals surface area contributed by atoms with Gasteiger partial charge in [-0.15, -0.1) is 0 Å². The minimum Gasteiger partial charge on any atom is -0.395 e. The number of rotatable bonds is 5. The third kappa shape index (κ3) is 3.62. The van der Waals surface area contributed by atoms with Gasteiger partial charge in [-0.2, -0.15) is 4.31 Å². The number of carbonyl (C=O) groups excluding carboxylic acids is 1. The van der Waals surface area contributed by atoms with Crippen molar-refractivity contribution in [1.29, 1.82) is 0 Å². The molecule has 0 radical (unpaired) electrons. The largest absolute Gasteiger partial charge is 0.395 e. The Morgan fingerprint density at radius 2 is 1.80 bits per heavy atom. The fourth-order valence-corrected chi connectivity index (χ4v) is 4.87. The van der Waals surface area contributed by atoms with Gasteiger partial charge in [0.15, 0.2) is 5.03 Å². The number of hydrogen-bond acceptors (Lipinski definition) is 5. The number of amides is 1. The van der Waals surface area contributed by atoms with E-state index in [1.54, 1.807) is 12.1 Å². The Morgan fingerprint density at radius 3 is 2.40 bits per heavy atom. The van der Waals surface area contributed by atoms with E-state index in [0.29, 0.717) is 19.2 Å². The second kappa shape index (κ2) is 7.86. The van der Waals surface area contributed by atoms with Gasteiger partial charge in [0.05, 0.1) is 12.5 Å². The highest BCUT2D eigenvalue weighted by atomic mass is 32.2. The first-order chi connectivity index (χ1) is 14.3. The van der Waals surface area contributed by atoms with Crippen LogP contribution in [0.4, 0.5) is 8.78 Å². The summed E-state index contributed by atoms with van der Waals surface area (Å²) in [4.78, 5) is 18.0. The summed E-state index contributed by atoms with van der Waals surface area (Å²) < 4.78 is 53.4. The highest BCUT2D eigenvalue weighted by molar-refractivity contribution is 7.89. The number of hydrogen-bond donors (Lipinski definition) is 1. The highest BCUT2D eigenvalue weighted by Gasteiger charge is 2.39. The molecule has 0 spiro atoms. The first-order valence-corrected chi connectivity index (χ1v) is 10.7. The fourth-order valence-electron chi connectivity index (χ4n) is 3.51. The third-order valence-electron chi connectivity index (χ3n) is 5.37. The van der Waals surface area contributed by atoms with Crippen LogP contribution in [0.15, 0.2) is 58.8 Å². The molecule has 2 saturated heterocycles. The van der Waals surface area contributed by atoms with Crippen molar-refractivity contribution >= 4 is 15.9 Å². The van der Waals surface area contributed by atoms with Crippen molar-refractivity contribution in [1.82, 2.24) is 14.2 Å². The van der Waals surface area contributed by atoms with Crippen LogP contribution in [0.3, 0.4) is 0 Å². The number of aliphatic hydroxyl groups is 1. The lowest BCUT2D eigenvalue weighted by Gasteiger charge is -2.42. The summed E-state index contributed by atoms with van der Waals surface area (Å²) in [6, 6.07) is 7.57. The summed E-state index contributed by atoms with van der Waals surface area (Å²) in [6.07, 6.45) is 1.42. The molecule has 7 nitrogen and oxygen atoms in total. The molecule has 10 heteroatoms. The van der Waals surface area contributed by atoms with Crippen LogP contribution in [0.2, 0.25) is 0 Å². The van der Waals surface area contributed by atoms with Gasteiger partial charge in [-0.1, -0.05) is 12.1 Å². The zero-order valence-corrected chi connectivity index (χ0v) is 16.6. The molecule has 0 saturated carbocycles. The Kier molecular flexibility index (Phi) is 5.39. The minimum absolute atomic E-state index is 0.00780. The lowest BCUT2D eigenvalue weighted by Crippen LogP contribution is -2.52. The van der Waals surface area contributed by atoms with Crippen molar-refractivity contribution in [3.63, 3.8) is 0 Å². The van der Waals surface area contributed by atoms with Gasteiger partial charge in [0.2, 0.25) is 5.91 Å². The predicted molar refractivity (Wildman–Crippen MR) is 103 cm³/mol. The molecule has 2 aromatic rings. The Bertz CT molecular complexity index is 1110. The maximum atomic E-state index is 14.0. The molecule has 1 N–H and O–H groups in total. The van der Waals surface area contributed by atoms with Gasteiger partial charge in [0.25, 0.3) is 10.0 Å². The predicted octanol–water partition coefficient (Wildman–Crippen LogP) is 1.28. The monoisotopic (exact) mass is 435 g/mol. The van der Waals surface area contributed by atoms with Crippen LogP contribution in [0.5, 0.6) is 0 Å². The second-order valence-electron chi connectivity index (χ2n) is 7.24. The minimum atomic E-state index is -3.64. The molecular weight excluding hydrogens is 416 g/mol. The summed E-state index contributed by atoms with van der Waals surface area (Å²) in [7, 11) is -3.64. The Labute approximate surface area is 172 Å². The summed E-state index contributed by atoms with van der Waals surface area (Å²) >= 11 is 0. The molecule has 1 atom stereocenters. The molecule has 0 bridgehead atoms. The molecule has 0 unspecified atom stereocenters. The smallest absolute Gasteiger partial charge is 0.261 e. The number of likely N-dealkylation sites (tertiary alicyclic amines) is 1. The van der Waals surface area contributed by atoms with E-state index >= 15 is 0 Å². The summed E-state index contributed by atoms with van der Waals surface area (Å²) in [5.74, 6) is -3.20. The normalized spacial score (nSPS) is 18.0. The lowest BCUT2D eigenvalue weighted by molar-refractivity contribution is -0.135. The average Bonchev–Trinajstić information content (AvgIpc) is 2.65. The van der Waals surface area contributed by atoms with E-state index in [1.165, 1.54) is 21.5 Å². The molecule has 30 heavy (non-hydrogen) atoms. The van der Waals surface area contributed by atoms with Crippen LogP contribution in [0.25, 0.3) is 0 Å². The van der Waals surface area contributed by atoms with Gasteiger partial charge in [-0.25, -0.2) is 22.2 Å². The van der Waals surface area contributed by atoms with Crippen LogP contribution < -0.4 is 0 Å². The van der Waals surface area contributed by atoms with Crippen LogP contribution in [-0.2, 0) is 14.8 Å². The van der Waals surface area contributed by atoms with Gasteiger partial charge in [-0.05, 0) is 29.3 Å². The van der Waals surface area contributed by atoms with Gasteiger partial charge in [-0.3, -0.25) is 4.79 Å². The van der Waals surface area contributed by atoms with E-state index in [1.807, 2.05) is 0 Å². The Morgan fingerprint density at radius 1 is 1.10 bits per heavy atom. The number of pyridine rings is 1. The van der Waals surface area contributed by atoms with Crippen molar-refractivity contribution in [2.75, 3.05) is 32.8 Å². The molecule has 158 valence electrons. The van der Waals surface area contributed by atoms with Gasteiger partial charge in [0.1, 0.15) is 11.6 Å². The maximum absolute atomic E-state index is 14.0. The molecule has 2 fully saturated rings. The van der Waals surface area contributed by atoms with E-state index in [4.69, 9.17) is 0 Å². The first-order valence-electron chi connectivity index (χ1n) is 9.27. The summed E-state index contributed by atoms with van der Waals surface area (Å²) in [6.45, 7) is 0.481. The van der Waals surface area contributed by atoms with Crippen molar-refractivity contribution in [3.8, 4) is 0 Å². The number of nitrogens with zero attached hydrogens (tertiary/aromatic N) is 3. The molecule has 1 amide bonds. The number of benzene rings is 1. The summed E-state index contributed by atoms with van der Waals surface area (Å²) in [5, 5.41) is 9.57. The highest BCUT2D eigenvalue weighted by Crippen LogP contribution is 2.31. The van der Waals surface area contributed by atoms with E-state index in [2.05, 4.69) is 4.98 Å². The molecule has 2 aliphatic rings. The SMILES string of the molecule is O=C([C@@H](CO)c1ccc(F)cc1F)N1CC(=C2CN(S(=O)(=O)c3ccccn3)C2)C1. The topological polar surface area (TPSA) is 90.8 Å². The van der Waals surface area contributed by atoms with Gasteiger partial charge >= 0.3 is 0 Å². The maximum Gasteiger partial charge on any atom is 0.261 e. The Balaban J connectivity index is 1.39.